The molecule has 1 aliphatic heterocycles. The molecule has 0 bridgehead atoms. The maximum atomic E-state index is 6.08. The third kappa shape index (κ3) is 2.55. The third-order valence-electron chi connectivity index (χ3n) is 3.72. The Balaban J connectivity index is 1.89. The van der Waals surface area contributed by atoms with Crippen LogP contribution in [0.1, 0.15) is 12.5 Å². The predicted octanol–water partition coefficient (Wildman–Crippen LogP) is 2.04. The smallest absolute Gasteiger partial charge is 0.128 e. The van der Waals surface area contributed by atoms with E-state index in [-0.39, 0.29) is 0 Å². The van der Waals surface area contributed by atoms with E-state index in [2.05, 4.69) is 28.9 Å². The lowest BCUT2D eigenvalue weighted by atomic mass is 10.1. The molecule has 1 aromatic carbocycles. The van der Waals surface area contributed by atoms with Gasteiger partial charge in [-0.3, -0.25) is 4.90 Å². The quantitative estimate of drug-likeness (QED) is 0.894. The molecule has 1 aliphatic rings. The highest BCUT2D eigenvalue weighted by Gasteiger charge is 2.19. The lowest BCUT2D eigenvalue weighted by molar-refractivity contribution is -0.00429. The van der Waals surface area contributed by atoms with Gasteiger partial charge >= 0.3 is 0 Å². The number of para-hydroxylation sites is 1. The standard InChI is InChI=1S/C15H19N3O/c1-11-10-19-7-6-18(11)9-13-8-12-4-2-3-5-14(12)17-15(13)16/h2-5,8,11H,6-7,9-10H2,1H3,(H2,16,17). The van der Waals surface area contributed by atoms with Crippen molar-refractivity contribution in [2.45, 2.75) is 19.5 Å². The first kappa shape index (κ1) is 12.4. The Hall–Kier alpha value is -1.65. The fourth-order valence-corrected chi connectivity index (χ4v) is 2.52. The molecule has 1 saturated heterocycles. The number of aromatic nitrogens is 1. The zero-order valence-corrected chi connectivity index (χ0v) is 11.2. The van der Waals surface area contributed by atoms with Gasteiger partial charge in [-0.15, -0.1) is 0 Å². The van der Waals surface area contributed by atoms with Gasteiger partial charge in [0.1, 0.15) is 5.82 Å². The number of nitrogen functional groups attached to an aromatic ring is 1. The van der Waals surface area contributed by atoms with Gasteiger partial charge in [-0.05, 0) is 19.1 Å². The van der Waals surface area contributed by atoms with Crippen LogP contribution < -0.4 is 5.73 Å². The van der Waals surface area contributed by atoms with Gasteiger partial charge < -0.3 is 10.5 Å². The number of benzene rings is 1. The summed E-state index contributed by atoms with van der Waals surface area (Å²) in [5, 5.41) is 1.15. The predicted molar refractivity (Wildman–Crippen MR) is 76.8 cm³/mol. The Morgan fingerprint density at radius 2 is 2.26 bits per heavy atom. The topological polar surface area (TPSA) is 51.4 Å². The molecule has 100 valence electrons. The van der Waals surface area contributed by atoms with Crippen LogP contribution in [0.4, 0.5) is 5.82 Å². The molecule has 1 unspecified atom stereocenters. The summed E-state index contributed by atoms with van der Waals surface area (Å²) in [5.74, 6) is 0.636. The summed E-state index contributed by atoms with van der Waals surface area (Å²) in [5.41, 5.74) is 8.14. The molecular weight excluding hydrogens is 238 g/mol. The van der Waals surface area contributed by atoms with Crippen molar-refractivity contribution in [1.29, 1.82) is 0 Å². The molecule has 2 aromatic rings. The second kappa shape index (κ2) is 5.15. The molecule has 4 nitrogen and oxygen atoms in total. The molecule has 1 fully saturated rings. The van der Waals surface area contributed by atoms with Gasteiger partial charge in [0.15, 0.2) is 0 Å². The van der Waals surface area contributed by atoms with Crippen LogP contribution >= 0.6 is 0 Å². The average Bonchev–Trinajstić information content (AvgIpc) is 2.42. The van der Waals surface area contributed by atoms with Crippen LogP contribution in [0, 0.1) is 0 Å². The van der Waals surface area contributed by atoms with E-state index in [0.29, 0.717) is 11.9 Å². The summed E-state index contributed by atoms with van der Waals surface area (Å²) in [4.78, 5) is 6.88. The SMILES string of the molecule is CC1COCCN1Cc1cc2ccccc2nc1N. The van der Waals surface area contributed by atoms with Crippen LogP contribution in [-0.4, -0.2) is 35.7 Å². The van der Waals surface area contributed by atoms with Crippen LogP contribution in [0.2, 0.25) is 0 Å². The Morgan fingerprint density at radius 3 is 3.11 bits per heavy atom. The number of ether oxygens (including phenoxy) is 1. The Bertz CT molecular complexity index is 585. The monoisotopic (exact) mass is 257 g/mol. The summed E-state index contributed by atoms with van der Waals surface area (Å²) in [6.07, 6.45) is 0. The molecule has 0 radical (unpaired) electrons. The molecule has 2 N–H and O–H groups in total. The molecule has 0 saturated carbocycles. The first-order valence-electron chi connectivity index (χ1n) is 6.70. The van der Waals surface area contributed by atoms with E-state index < -0.39 is 0 Å². The zero-order chi connectivity index (χ0) is 13.2. The van der Waals surface area contributed by atoms with Gasteiger partial charge in [0.2, 0.25) is 0 Å². The van der Waals surface area contributed by atoms with Crippen molar-refractivity contribution in [3.63, 3.8) is 0 Å². The van der Waals surface area contributed by atoms with E-state index in [4.69, 9.17) is 10.5 Å². The number of nitrogens with zero attached hydrogens (tertiary/aromatic N) is 2. The molecule has 3 rings (SSSR count). The number of fused-ring (bicyclic) bond motifs is 1. The molecule has 19 heavy (non-hydrogen) atoms. The fourth-order valence-electron chi connectivity index (χ4n) is 2.52. The van der Waals surface area contributed by atoms with Crippen molar-refractivity contribution in [3.05, 3.63) is 35.9 Å². The summed E-state index contributed by atoms with van der Waals surface area (Å²) in [7, 11) is 0. The number of hydrogen-bond donors (Lipinski definition) is 1. The number of morpholine rings is 1. The van der Waals surface area contributed by atoms with E-state index in [1.807, 2.05) is 18.2 Å². The van der Waals surface area contributed by atoms with Crippen molar-refractivity contribution < 1.29 is 4.74 Å². The number of anilines is 1. The molecule has 0 aliphatic carbocycles. The average molecular weight is 257 g/mol. The largest absolute Gasteiger partial charge is 0.383 e. The van der Waals surface area contributed by atoms with Crippen LogP contribution in [0.5, 0.6) is 0 Å². The number of rotatable bonds is 2. The molecular formula is C15H19N3O. The molecule has 2 heterocycles. The second-order valence-electron chi connectivity index (χ2n) is 5.12. The second-order valence-corrected chi connectivity index (χ2v) is 5.12. The Labute approximate surface area is 113 Å². The molecule has 0 spiro atoms. The van der Waals surface area contributed by atoms with Gasteiger partial charge in [0.25, 0.3) is 0 Å². The van der Waals surface area contributed by atoms with Gasteiger partial charge in [-0.2, -0.15) is 0 Å². The Kier molecular flexibility index (Phi) is 3.36. The van der Waals surface area contributed by atoms with Crippen molar-refractivity contribution in [3.8, 4) is 0 Å². The van der Waals surface area contributed by atoms with Crippen LogP contribution in [0.3, 0.4) is 0 Å². The molecule has 1 aromatic heterocycles. The third-order valence-corrected chi connectivity index (χ3v) is 3.72. The van der Waals surface area contributed by atoms with Gasteiger partial charge in [0.05, 0.1) is 18.7 Å². The highest BCUT2D eigenvalue weighted by atomic mass is 16.5. The van der Waals surface area contributed by atoms with E-state index in [1.54, 1.807) is 0 Å². The number of hydrogen-bond acceptors (Lipinski definition) is 4. The van der Waals surface area contributed by atoms with E-state index in [0.717, 1.165) is 42.8 Å². The highest BCUT2D eigenvalue weighted by Crippen LogP contribution is 2.21. The maximum absolute atomic E-state index is 6.08. The van der Waals surface area contributed by atoms with Crippen LogP contribution in [0.15, 0.2) is 30.3 Å². The minimum absolute atomic E-state index is 0.430. The van der Waals surface area contributed by atoms with Crippen molar-refractivity contribution in [2.75, 3.05) is 25.5 Å². The fraction of sp³-hybridized carbons (Fsp3) is 0.400. The highest BCUT2D eigenvalue weighted by molar-refractivity contribution is 5.81. The van der Waals surface area contributed by atoms with Gasteiger partial charge in [-0.1, -0.05) is 18.2 Å². The summed E-state index contributed by atoms with van der Waals surface area (Å²) >= 11 is 0. The minimum atomic E-state index is 0.430. The molecule has 0 amide bonds. The normalized spacial score (nSPS) is 20.8. The lowest BCUT2D eigenvalue weighted by Crippen LogP contribution is -2.43. The summed E-state index contributed by atoms with van der Waals surface area (Å²) in [6, 6.07) is 10.7. The van der Waals surface area contributed by atoms with Crippen LogP contribution in [-0.2, 0) is 11.3 Å². The summed E-state index contributed by atoms with van der Waals surface area (Å²) in [6.45, 7) is 5.57. The van der Waals surface area contributed by atoms with Crippen LogP contribution in [0.25, 0.3) is 10.9 Å². The number of nitrogens with two attached hydrogens (primary N) is 1. The summed E-state index contributed by atoms with van der Waals surface area (Å²) < 4.78 is 5.46. The van der Waals surface area contributed by atoms with E-state index >= 15 is 0 Å². The van der Waals surface area contributed by atoms with Crippen molar-refractivity contribution >= 4 is 16.7 Å². The van der Waals surface area contributed by atoms with Gasteiger partial charge in [-0.25, -0.2) is 4.98 Å². The van der Waals surface area contributed by atoms with Gasteiger partial charge in [0, 0.05) is 30.1 Å². The maximum Gasteiger partial charge on any atom is 0.128 e. The first-order valence-corrected chi connectivity index (χ1v) is 6.70. The van der Waals surface area contributed by atoms with E-state index in [1.165, 1.54) is 0 Å². The molecule has 4 heteroatoms. The van der Waals surface area contributed by atoms with E-state index in [9.17, 15) is 0 Å². The Morgan fingerprint density at radius 1 is 1.42 bits per heavy atom. The van der Waals surface area contributed by atoms with Crippen molar-refractivity contribution in [2.24, 2.45) is 0 Å². The molecule has 1 atom stereocenters. The number of pyridine rings is 1. The lowest BCUT2D eigenvalue weighted by Gasteiger charge is -2.33. The first-order chi connectivity index (χ1) is 9.24. The van der Waals surface area contributed by atoms with Crippen molar-refractivity contribution in [1.82, 2.24) is 9.88 Å². The zero-order valence-electron chi connectivity index (χ0n) is 11.2. The minimum Gasteiger partial charge on any atom is -0.383 e.